The molecule has 0 atom stereocenters. The third-order valence-electron chi connectivity index (χ3n) is 2.33. The Kier molecular flexibility index (Phi) is 3.97. The first kappa shape index (κ1) is 12.3. The van der Waals surface area contributed by atoms with Crippen molar-refractivity contribution in [2.75, 3.05) is 12.4 Å². The van der Waals surface area contributed by atoms with Gasteiger partial charge in [-0.25, -0.2) is 9.97 Å². The summed E-state index contributed by atoms with van der Waals surface area (Å²) in [5.74, 6) is 1.60. The van der Waals surface area contributed by atoms with E-state index in [1.165, 1.54) is 0 Å². The molecule has 5 heteroatoms. The van der Waals surface area contributed by atoms with Gasteiger partial charge in [-0.2, -0.15) is 0 Å². The van der Waals surface area contributed by atoms with Gasteiger partial charge in [0.2, 0.25) is 0 Å². The van der Waals surface area contributed by atoms with Crippen LogP contribution < -0.4 is 5.32 Å². The van der Waals surface area contributed by atoms with E-state index in [1.54, 1.807) is 11.3 Å². The van der Waals surface area contributed by atoms with E-state index in [1.807, 2.05) is 24.6 Å². The van der Waals surface area contributed by atoms with Crippen LogP contribution >= 0.6 is 22.9 Å². The summed E-state index contributed by atoms with van der Waals surface area (Å²) in [4.78, 5) is 10.0. The molecule has 2 aromatic heterocycles. The van der Waals surface area contributed by atoms with E-state index in [-0.39, 0.29) is 0 Å². The van der Waals surface area contributed by atoms with E-state index >= 15 is 0 Å². The first-order valence-electron chi connectivity index (χ1n) is 5.53. The number of anilines is 1. The van der Waals surface area contributed by atoms with Crippen LogP contribution in [0.1, 0.15) is 19.0 Å². The third-order valence-corrected chi connectivity index (χ3v) is 3.60. The van der Waals surface area contributed by atoms with Crippen molar-refractivity contribution < 1.29 is 0 Å². The summed E-state index contributed by atoms with van der Waals surface area (Å²) in [6.07, 6.45) is 2.04. The quantitative estimate of drug-likeness (QED) is 0.914. The molecule has 2 heterocycles. The van der Waals surface area contributed by atoms with Gasteiger partial charge in [-0.1, -0.05) is 24.9 Å². The Labute approximate surface area is 110 Å². The molecule has 0 amide bonds. The second-order valence-electron chi connectivity index (χ2n) is 3.70. The maximum Gasteiger partial charge on any atom is 0.171 e. The van der Waals surface area contributed by atoms with E-state index in [4.69, 9.17) is 11.6 Å². The van der Waals surface area contributed by atoms with Gasteiger partial charge in [-0.15, -0.1) is 11.3 Å². The molecule has 0 bridgehead atoms. The van der Waals surface area contributed by atoms with Crippen LogP contribution in [0.3, 0.4) is 0 Å². The van der Waals surface area contributed by atoms with Gasteiger partial charge in [0, 0.05) is 24.2 Å². The van der Waals surface area contributed by atoms with Crippen LogP contribution in [0.2, 0.25) is 5.02 Å². The Hall–Kier alpha value is -1.13. The van der Waals surface area contributed by atoms with Crippen molar-refractivity contribution in [3.05, 3.63) is 28.2 Å². The highest BCUT2D eigenvalue weighted by Crippen LogP contribution is 2.28. The first-order valence-corrected chi connectivity index (χ1v) is 6.78. The lowest BCUT2D eigenvalue weighted by Gasteiger charge is -2.05. The summed E-state index contributed by atoms with van der Waals surface area (Å²) in [5, 5.41) is 5.69. The normalized spacial score (nSPS) is 10.5. The summed E-state index contributed by atoms with van der Waals surface area (Å²) in [5.41, 5.74) is 1.06. The maximum atomic E-state index is 5.92. The minimum Gasteiger partial charge on any atom is -0.373 e. The van der Waals surface area contributed by atoms with Crippen LogP contribution in [0.25, 0.3) is 10.7 Å². The van der Waals surface area contributed by atoms with Crippen molar-refractivity contribution in [1.29, 1.82) is 0 Å². The largest absolute Gasteiger partial charge is 0.373 e. The van der Waals surface area contributed by atoms with Gasteiger partial charge in [-0.3, -0.25) is 0 Å². The molecule has 0 fully saturated rings. The lowest BCUT2D eigenvalue weighted by molar-refractivity contribution is 0.876. The monoisotopic (exact) mass is 267 g/mol. The number of thiophene rings is 1. The molecule has 0 aliphatic rings. The number of rotatable bonds is 4. The van der Waals surface area contributed by atoms with Gasteiger partial charge in [-0.05, 0) is 12.5 Å². The zero-order valence-corrected chi connectivity index (χ0v) is 11.4. The fourth-order valence-electron chi connectivity index (χ4n) is 1.55. The number of halogens is 1. The van der Waals surface area contributed by atoms with Crippen LogP contribution in [0.5, 0.6) is 0 Å². The molecule has 0 saturated heterocycles. The van der Waals surface area contributed by atoms with Crippen LogP contribution in [0, 0.1) is 0 Å². The fraction of sp³-hybridized carbons (Fsp3) is 0.333. The summed E-state index contributed by atoms with van der Waals surface area (Å²) in [6, 6.07) is 3.89. The van der Waals surface area contributed by atoms with Crippen molar-refractivity contribution >= 4 is 28.8 Å². The second-order valence-corrected chi connectivity index (χ2v) is 5.04. The van der Waals surface area contributed by atoms with Crippen LogP contribution in [0.4, 0.5) is 5.82 Å². The predicted octanol–water partition coefficient (Wildman–Crippen LogP) is 3.85. The number of aryl methyl sites for hydroxylation is 1. The zero-order valence-electron chi connectivity index (χ0n) is 9.83. The summed E-state index contributed by atoms with van der Waals surface area (Å²) < 4.78 is 0. The van der Waals surface area contributed by atoms with E-state index in [0.717, 1.165) is 40.1 Å². The van der Waals surface area contributed by atoms with Crippen LogP contribution in [-0.2, 0) is 6.42 Å². The van der Waals surface area contributed by atoms with Crippen molar-refractivity contribution in [1.82, 2.24) is 9.97 Å². The SMILES string of the molecule is CCCc1cc(NC)nc(-c2cc(Cl)cs2)n1. The highest BCUT2D eigenvalue weighted by Gasteiger charge is 2.08. The Morgan fingerprint density at radius 1 is 1.35 bits per heavy atom. The molecule has 0 saturated carbocycles. The molecule has 1 N–H and O–H groups in total. The molecule has 17 heavy (non-hydrogen) atoms. The number of aromatic nitrogens is 2. The van der Waals surface area contributed by atoms with E-state index < -0.39 is 0 Å². The molecule has 0 aliphatic heterocycles. The summed E-state index contributed by atoms with van der Waals surface area (Å²) in [6.45, 7) is 2.14. The topological polar surface area (TPSA) is 37.8 Å². The molecule has 0 spiro atoms. The lowest BCUT2D eigenvalue weighted by atomic mass is 10.2. The molecule has 90 valence electrons. The Bertz CT molecular complexity index is 510. The lowest BCUT2D eigenvalue weighted by Crippen LogP contribution is -2.00. The molecule has 2 rings (SSSR count). The number of hydrogen-bond acceptors (Lipinski definition) is 4. The Balaban J connectivity index is 2.42. The molecule has 3 nitrogen and oxygen atoms in total. The number of hydrogen-bond donors (Lipinski definition) is 1. The molecular formula is C12H14ClN3S. The van der Waals surface area contributed by atoms with Gasteiger partial charge in [0.05, 0.1) is 9.90 Å². The van der Waals surface area contributed by atoms with Gasteiger partial charge in [0.1, 0.15) is 5.82 Å². The number of nitrogens with zero attached hydrogens (tertiary/aromatic N) is 2. The molecule has 0 radical (unpaired) electrons. The number of nitrogens with one attached hydrogen (secondary N) is 1. The van der Waals surface area contributed by atoms with Crippen molar-refractivity contribution in [2.45, 2.75) is 19.8 Å². The van der Waals surface area contributed by atoms with Gasteiger partial charge < -0.3 is 5.32 Å². The maximum absolute atomic E-state index is 5.92. The zero-order chi connectivity index (χ0) is 12.3. The van der Waals surface area contributed by atoms with E-state index in [0.29, 0.717) is 0 Å². The van der Waals surface area contributed by atoms with Gasteiger partial charge >= 0.3 is 0 Å². The van der Waals surface area contributed by atoms with Crippen molar-refractivity contribution in [2.24, 2.45) is 0 Å². The average Bonchev–Trinajstić information content (AvgIpc) is 2.76. The van der Waals surface area contributed by atoms with Crippen molar-refractivity contribution in [3.63, 3.8) is 0 Å². The highest BCUT2D eigenvalue weighted by atomic mass is 35.5. The van der Waals surface area contributed by atoms with Gasteiger partial charge in [0.25, 0.3) is 0 Å². The average molecular weight is 268 g/mol. The summed E-state index contributed by atoms with van der Waals surface area (Å²) >= 11 is 7.49. The highest BCUT2D eigenvalue weighted by molar-refractivity contribution is 7.14. The predicted molar refractivity (Wildman–Crippen MR) is 73.9 cm³/mol. The second kappa shape index (κ2) is 5.47. The van der Waals surface area contributed by atoms with E-state index in [2.05, 4.69) is 22.2 Å². The molecular weight excluding hydrogens is 254 g/mol. The third kappa shape index (κ3) is 2.96. The van der Waals surface area contributed by atoms with Crippen molar-refractivity contribution in [3.8, 4) is 10.7 Å². The van der Waals surface area contributed by atoms with Gasteiger partial charge in [0.15, 0.2) is 5.82 Å². The standard InChI is InChI=1S/C12H14ClN3S/c1-3-4-9-6-11(14-2)16-12(15-9)10-5-8(13)7-17-10/h5-7H,3-4H2,1-2H3,(H,14,15,16). The Morgan fingerprint density at radius 3 is 2.76 bits per heavy atom. The minimum absolute atomic E-state index is 0.737. The molecule has 0 unspecified atom stereocenters. The van der Waals surface area contributed by atoms with Crippen LogP contribution in [0.15, 0.2) is 17.5 Å². The first-order chi connectivity index (χ1) is 8.22. The smallest absolute Gasteiger partial charge is 0.171 e. The summed E-state index contributed by atoms with van der Waals surface area (Å²) in [7, 11) is 1.86. The van der Waals surface area contributed by atoms with E-state index in [9.17, 15) is 0 Å². The molecule has 0 aromatic carbocycles. The molecule has 2 aromatic rings. The fourth-order valence-corrected chi connectivity index (χ4v) is 2.56. The Morgan fingerprint density at radius 2 is 2.18 bits per heavy atom. The minimum atomic E-state index is 0.737. The van der Waals surface area contributed by atoms with Crippen LogP contribution in [-0.4, -0.2) is 17.0 Å². The molecule has 0 aliphatic carbocycles.